The molecule has 0 spiro atoms. The third-order valence-electron chi connectivity index (χ3n) is 3.31. The van der Waals surface area contributed by atoms with Crippen LogP contribution in [0.1, 0.15) is 23.1 Å². The van der Waals surface area contributed by atoms with Gasteiger partial charge in [-0.3, -0.25) is 4.40 Å². The summed E-state index contributed by atoms with van der Waals surface area (Å²) in [6, 6.07) is 8.13. The molecule has 6 heteroatoms. The zero-order valence-corrected chi connectivity index (χ0v) is 12.2. The molecule has 0 aliphatic carbocycles. The summed E-state index contributed by atoms with van der Waals surface area (Å²) in [5.74, 6) is -0.904. The van der Waals surface area contributed by atoms with Gasteiger partial charge in [-0.25, -0.2) is 19.2 Å². The van der Waals surface area contributed by atoms with Gasteiger partial charge >= 0.3 is 5.97 Å². The van der Waals surface area contributed by atoms with E-state index in [-0.39, 0.29) is 18.1 Å². The number of fused-ring (bicyclic) bond motifs is 1. The predicted molar refractivity (Wildman–Crippen MR) is 79.1 cm³/mol. The molecule has 112 valence electrons. The molecule has 3 aromatic rings. The second-order valence-electron chi connectivity index (χ2n) is 4.77. The van der Waals surface area contributed by atoms with E-state index in [2.05, 4.69) is 9.97 Å². The summed E-state index contributed by atoms with van der Waals surface area (Å²) in [4.78, 5) is 20.4. The molecular formula is C16H14FN3O2. The first-order valence-corrected chi connectivity index (χ1v) is 6.88. The summed E-state index contributed by atoms with van der Waals surface area (Å²) in [6.45, 7) is 3.82. The van der Waals surface area contributed by atoms with E-state index in [4.69, 9.17) is 4.74 Å². The van der Waals surface area contributed by atoms with Crippen LogP contribution in [0.3, 0.4) is 0 Å². The molecule has 0 saturated heterocycles. The lowest BCUT2D eigenvalue weighted by Gasteiger charge is -2.07. The quantitative estimate of drug-likeness (QED) is 0.698. The fraction of sp³-hybridized carbons (Fsp3) is 0.188. The van der Waals surface area contributed by atoms with Gasteiger partial charge in [-0.2, -0.15) is 0 Å². The molecule has 0 amide bonds. The van der Waals surface area contributed by atoms with Crippen molar-refractivity contribution in [1.29, 1.82) is 0 Å². The molecular weight excluding hydrogens is 285 g/mol. The van der Waals surface area contributed by atoms with E-state index in [1.54, 1.807) is 35.6 Å². The molecule has 0 saturated carbocycles. The highest BCUT2D eigenvalue weighted by Gasteiger charge is 2.18. The average Bonchev–Trinajstić information content (AvgIpc) is 2.92. The number of hydrogen-bond donors (Lipinski definition) is 0. The Hall–Kier alpha value is -2.76. The van der Waals surface area contributed by atoms with Crippen LogP contribution < -0.4 is 0 Å². The van der Waals surface area contributed by atoms with Gasteiger partial charge in [-0.05, 0) is 32.0 Å². The van der Waals surface area contributed by atoms with Crippen LogP contribution in [0.2, 0.25) is 0 Å². The van der Waals surface area contributed by atoms with Crippen molar-refractivity contribution in [1.82, 2.24) is 14.4 Å². The molecule has 5 nitrogen and oxygen atoms in total. The van der Waals surface area contributed by atoms with E-state index in [1.165, 1.54) is 12.4 Å². The number of carbonyl (C=O) groups excluding carboxylic acids is 1. The number of ether oxygens (including phenoxy) is 1. The first-order chi connectivity index (χ1) is 10.6. The average molecular weight is 299 g/mol. The molecule has 0 fully saturated rings. The zero-order valence-electron chi connectivity index (χ0n) is 12.2. The summed E-state index contributed by atoms with van der Waals surface area (Å²) in [5.41, 5.74) is 2.12. The van der Waals surface area contributed by atoms with Crippen molar-refractivity contribution in [2.75, 3.05) is 6.61 Å². The third-order valence-corrected chi connectivity index (χ3v) is 3.31. The number of benzene rings is 1. The van der Waals surface area contributed by atoms with Crippen molar-refractivity contribution >= 4 is 11.6 Å². The minimum atomic E-state index is -0.539. The normalized spacial score (nSPS) is 10.9. The maximum Gasteiger partial charge on any atom is 0.360 e. The van der Waals surface area contributed by atoms with Crippen LogP contribution in [0.5, 0.6) is 0 Å². The van der Waals surface area contributed by atoms with Crippen molar-refractivity contribution in [3.63, 3.8) is 0 Å². The molecule has 0 aliphatic rings. The van der Waals surface area contributed by atoms with E-state index in [0.717, 1.165) is 5.69 Å². The first-order valence-electron chi connectivity index (χ1n) is 6.88. The molecule has 22 heavy (non-hydrogen) atoms. The van der Waals surface area contributed by atoms with Crippen LogP contribution in [0.15, 0.2) is 36.7 Å². The minimum Gasteiger partial charge on any atom is -0.461 e. The molecule has 3 rings (SSSR count). The monoisotopic (exact) mass is 299 g/mol. The Morgan fingerprint density at radius 2 is 2.14 bits per heavy atom. The molecule has 2 aromatic heterocycles. The number of imidazole rings is 1. The fourth-order valence-electron chi connectivity index (χ4n) is 2.27. The Bertz CT molecular complexity index is 858. The number of aromatic nitrogens is 3. The van der Waals surface area contributed by atoms with Gasteiger partial charge in [-0.1, -0.05) is 12.1 Å². The van der Waals surface area contributed by atoms with E-state index in [0.29, 0.717) is 16.9 Å². The third kappa shape index (κ3) is 2.32. The number of aryl methyl sites for hydroxylation is 1. The second-order valence-corrected chi connectivity index (χ2v) is 4.77. The number of halogens is 1. The zero-order chi connectivity index (χ0) is 15.7. The highest BCUT2D eigenvalue weighted by molar-refractivity contribution is 5.94. The number of rotatable bonds is 3. The van der Waals surface area contributed by atoms with Crippen LogP contribution in [0.25, 0.3) is 16.9 Å². The number of esters is 1. The van der Waals surface area contributed by atoms with Gasteiger partial charge in [0.15, 0.2) is 11.3 Å². The van der Waals surface area contributed by atoms with Crippen molar-refractivity contribution in [3.05, 3.63) is 53.9 Å². The van der Waals surface area contributed by atoms with Crippen molar-refractivity contribution in [2.24, 2.45) is 0 Å². The van der Waals surface area contributed by atoms with Crippen molar-refractivity contribution < 1.29 is 13.9 Å². The smallest absolute Gasteiger partial charge is 0.360 e. The summed E-state index contributed by atoms with van der Waals surface area (Å²) in [5, 5.41) is 0. The van der Waals surface area contributed by atoms with Gasteiger partial charge < -0.3 is 4.74 Å². The summed E-state index contributed by atoms with van der Waals surface area (Å²) < 4.78 is 20.6. The lowest BCUT2D eigenvalue weighted by molar-refractivity contribution is 0.0522. The largest absolute Gasteiger partial charge is 0.461 e. The van der Waals surface area contributed by atoms with Gasteiger partial charge in [0, 0.05) is 11.3 Å². The molecule has 0 radical (unpaired) electrons. The molecule has 0 aliphatic heterocycles. The molecule has 0 bridgehead atoms. The SMILES string of the molecule is CCOC(=O)c1ncn2c(C)cc(-c3ccccc3F)nc12. The Morgan fingerprint density at radius 1 is 1.36 bits per heavy atom. The van der Waals surface area contributed by atoms with Crippen LogP contribution in [-0.2, 0) is 4.74 Å². The lowest BCUT2D eigenvalue weighted by atomic mass is 10.1. The Kier molecular flexibility index (Phi) is 3.58. The van der Waals surface area contributed by atoms with Gasteiger partial charge in [-0.15, -0.1) is 0 Å². The van der Waals surface area contributed by atoms with Gasteiger partial charge in [0.05, 0.1) is 12.3 Å². The summed E-state index contributed by atoms with van der Waals surface area (Å²) in [7, 11) is 0. The molecule has 2 heterocycles. The number of hydrogen-bond acceptors (Lipinski definition) is 4. The number of carbonyl (C=O) groups is 1. The second kappa shape index (κ2) is 5.55. The van der Waals surface area contributed by atoms with E-state index < -0.39 is 5.97 Å². The summed E-state index contributed by atoms with van der Waals surface area (Å²) in [6.07, 6.45) is 1.51. The Balaban J connectivity index is 2.20. The van der Waals surface area contributed by atoms with E-state index >= 15 is 0 Å². The molecule has 0 N–H and O–H groups in total. The molecule has 1 aromatic carbocycles. The van der Waals surface area contributed by atoms with Crippen molar-refractivity contribution in [3.8, 4) is 11.3 Å². The highest BCUT2D eigenvalue weighted by atomic mass is 19.1. The maximum atomic E-state index is 14.0. The van der Waals surface area contributed by atoms with E-state index in [9.17, 15) is 9.18 Å². The van der Waals surface area contributed by atoms with Crippen molar-refractivity contribution in [2.45, 2.75) is 13.8 Å². The van der Waals surface area contributed by atoms with Crippen LogP contribution >= 0.6 is 0 Å². The Labute approximate surface area is 126 Å². The van der Waals surface area contributed by atoms with Gasteiger partial charge in [0.25, 0.3) is 0 Å². The van der Waals surface area contributed by atoms with Crippen LogP contribution in [0, 0.1) is 12.7 Å². The standard InChI is InChI=1S/C16H14FN3O2/c1-3-22-16(21)14-15-19-13(8-10(2)20(15)9-18-14)11-6-4-5-7-12(11)17/h4-9H,3H2,1-2H3. The van der Waals surface area contributed by atoms with Crippen LogP contribution in [0.4, 0.5) is 4.39 Å². The lowest BCUT2D eigenvalue weighted by Crippen LogP contribution is -2.07. The van der Waals surface area contributed by atoms with Crippen LogP contribution in [-0.4, -0.2) is 26.9 Å². The predicted octanol–water partition coefficient (Wildman–Crippen LogP) is 3.02. The van der Waals surface area contributed by atoms with E-state index in [1.807, 2.05) is 6.92 Å². The number of nitrogens with zero attached hydrogens (tertiary/aromatic N) is 3. The topological polar surface area (TPSA) is 56.5 Å². The summed E-state index contributed by atoms with van der Waals surface area (Å²) >= 11 is 0. The fourth-order valence-corrected chi connectivity index (χ4v) is 2.27. The Morgan fingerprint density at radius 3 is 2.86 bits per heavy atom. The van der Waals surface area contributed by atoms with Gasteiger partial charge in [0.1, 0.15) is 12.1 Å². The maximum absolute atomic E-state index is 14.0. The first kappa shape index (κ1) is 14.2. The molecule has 0 atom stereocenters. The molecule has 0 unspecified atom stereocenters. The van der Waals surface area contributed by atoms with Gasteiger partial charge in [0.2, 0.25) is 0 Å². The minimum absolute atomic E-state index is 0.128. The highest BCUT2D eigenvalue weighted by Crippen LogP contribution is 2.23.